The number of hydrogen-bond donors (Lipinski definition) is 0. The van der Waals surface area contributed by atoms with E-state index in [1.807, 2.05) is 11.0 Å². The molecule has 0 N–H and O–H groups in total. The zero-order valence-electron chi connectivity index (χ0n) is 18.4. The average Bonchev–Trinajstić information content (AvgIpc) is 3.10. The fourth-order valence-corrected chi connectivity index (χ4v) is 6.46. The lowest BCUT2D eigenvalue weighted by Gasteiger charge is -2.32. The van der Waals surface area contributed by atoms with Gasteiger partial charge in [0.05, 0.1) is 15.5 Å². The Morgan fingerprint density at radius 3 is 2.22 bits per heavy atom. The number of rotatable bonds is 5. The molecule has 0 aromatic heterocycles. The lowest BCUT2D eigenvalue weighted by molar-refractivity contribution is 0.0690. The molecule has 2 aliphatic heterocycles. The normalized spacial score (nSPS) is 19.0. The van der Waals surface area contributed by atoms with Gasteiger partial charge >= 0.3 is 0 Å². The maximum Gasteiger partial charge on any atom is 0.255 e. The lowest BCUT2D eigenvalue weighted by Crippen LogP contribution is -2.39. The summed E-state index contributed by atoms with van der Waals surface area (Å²) in [6, 6.07) is 15.0. The van der Waals surface area contributed by atoms with Gasteiger partial charge in [-0.3, -0.25) is 4.79 Å². The van der Waals surface area contributed by atoms with Gasteiger partial charge in [-0.1, -0.05) is 54.8 Å². The quantitative estimate of drug-likeness (QED) is 0.612. The SMILES string of the molecule is O=C(c1cc(S(=O)(=O)N2CCCCCC2)ccc1Cl)N1CCC(Cc2ccccc2)CC1. The molecular weight excluding hydrogens is 444 g/mol. The molecule has 0 atom stereocenters. The molecule has 5 nitrogen and oxygen atoms in total. The van der Waals surface area contributed by atoms with Crippen LogP contribution in [0.3, 0.4) is 0 Å². The first-order valence-corrected chi connectivity index (χ1v) is 13.4. The number of amides is 1. The fraction of sp³-hybridized carbons (Fsp3) is 0.480. The summed E-state index contributed by atoms with van der Waals surface area (Å²) in [5.41, 5.74) is 1.61. The van der Waals surface area contributed by atoms with Gasteiger partial charge in [0.15, 0.2) is 0 Å². The molecule has 2 fully saturated rings. The van der Waals surface area contributed by atoms with E-state index >= 15 is 0 Å². The Kier molecular flexibility index (Phi) is 7.54. The van der Waals surface area contributed by atoms with Crippen LogP contribution in [0, 0.1) is 5.92 Å². The van der Waals surface area contributed by atoms with E-state index in [2.05, 4.69) is 24.3 Å². The second-order valence-corrected chi connectivity index (χ2v) is 11.2. The van der Waals surface area contributed by atoms with Crippen molar-refractivity contribution in [3.8, 4) is 0 Å². The predicted molar refractivity (Wildman–Crippen MR) is 127 cm³/mol. The van der Waals surface area contributed by atoms with Crippen LogP contribution in [-0.2, 0) is 16.4 Å². The van der Waals surface area contributed by atoms with Crippen LogP contribution in [0.2, 0.25) is 5.02 Å². The van der Waals surface area contributed by atoms with Crippen molar-refractivity contribution in [2.45, 2.75) is 49.8 Å². The molecule has 1 amide bonds. The van der Waals surface area contributed by atoms with Crippen LogP contribution in [0.1, 0.15) is 54.4 Å². The Labute approximate surface area is 196 Å². The minimum absolute atomic E-state index is 0.158. The molecule has 2 aromatic carbocycles. The Morgan fingerprint density at radius 1 is 0.906 bits per heavy atom. The highest BCUT2D eigenvalue weighted by Crippen LogP contribution is 2.28. The van der Waals surface area contributed by atoms with Crippen LogP contribution in [0.5, 0.6) is 0 Å². The second kappa shape index (κ2) is 10.4. The third-order valence-corrected chi connectivity index (χ3v) is 8.86. The number of halogens is 1. The number of likely N-dealkylation sites (tertiary alicyclic amines) is 1. The van der Waals surface area contributed by atoms with E-state index in [-0.39, 0.29) is 16.4 Å². The van der Waals surface area contributed by atoms with Crippen molar-refractivity contribution < 1.29 is 13.2 Å². The summed E-state index contributed by atoms with van der Waals surface area (Å²) in [4.78, 5) is 15.2. The molecule has 0 unspecified atom stereocenters. The van der Waals surface area contributed by atoms with Crippen LogP contribution < -0.4 is 0 Å². The number of nitrogens with zero attached hydrogens (tertiary/aromatic N) is 2. The van der Waals surface area contributed by atoms with E-state index in [0.29, 0.717) is 37.1 Å². The number of benzene rings is 2. The highest BCUT2D eigenvalue weighted by atomic mass is 35.5. The Morgan fingerprint density at radius 2 is 1.56 bits per heavy atom. The largest absolute Gasteiger partial charge is 0.339 e. The molecule has 172 valence electrons. The molecule has 2 aromatic rings. The number of piperidine rings is 1. The van der Waals surface area contributed by atoms with Gasteiger partial charge in [-0.25, -0.2) is 8.42 Å². The topological polar surface area (TPSA) is 57.7 Å². The molecule has 32 heavy (non-hydrogen) atoms. The fourth-order valence-electron chi connectivity index (χ4n) is 4.72. The first kappa shape index (κ1) is 23.3. The van der Waals surface area contributed by atoms with Crippen LogP contribution >= 0.6 is 11.6 Å². The van der Waals surface area contributed by atoms with Crippen LogP contribution in [-0.4, -0.2) is 49.7 Å². The van der Waals surface area contributed by atoms with E-state index in [1.165, 1.54) is 17.7 Å². The molecule has 0 radical (unpaired) electrons. The maximum absolute atomic E-state index is 13.2. The van der Waals surface area contributed by atoms with Gasteiger partial charge < -0.3 is 4.90 Å². The summed E-state index contributed by atoms with van der Waals surface area (Å²) < 4.78 is 27.9. The smallest absolute Gasteiger partial charge is 0.255 e. The van der Waals surface area contributed by atoms with Gasteiger partial charge in [-0.15, -0.1) is 0 Å². The number of carbonyl (C=O) groups is 1. The summed E-state index contributed by atoms with van der Waals surface area (Å²) in [7, 11) is -3.63. The zero-order chi connectivity index (χ0) is 22.6. The van der Waals surface area contributed by atoms with Crippen molar-refractivity contribution in [2.24, 2.45) is 5.92 Å². The first-order chi connectivity index (χ1) is 15.4. The summed E-state index contributed by atoms with van der Waals surface area (Å²) in [6.45, 7) is 2.39. The van der Waals surface area contributed by atoms with Crippen LogP contribution in [0.15, 0.2) is 53.4 Å². The number of sulfonamides is 1. The minimum atomic E-state index is -3.63. The molecular formula is C25H31ClN2O3S. The summed E-state index contributed by atoms with van der Waals surface area (Å²) in [6.07, 6.45) is 6.74. The molecule has 2 saturated heterocycles. The van der Waals surface area contributed by atoms with Gasteiger partial charge in [-0.2, -0.15) is 4.31 Å². The Balaban J connectivity index is 1.45. The highest BCUT2D eigenvalue weighted by molar-refractivity contribution is 7.89. The number of hydrogen-bond acceptors (Lipinski definition) is 3. The van der Waals surface area contributed by atoms with Gasteiger partial charge in [0.25, 0.3) is 5.91 Å². The van der Waals surface area contributed by atoms with Crippen molar-refractivity contribution >= 4 is 27.5 Å². The molecule has 2 aliphatic rings. The highest BCUT2D eigenvalue weighted by Gasteiger charge is 2.29. The van der Waals surface area contributed by atoms with Gasteiger partial charge in [0.1, 0.15) is 0 Å². The van der Waals surface area contributed by atoms with Gasteiger partial charge in [-0.05, 0) is 61.8 Å². The van der Waals surface area contributed by atoms with Crippen molar-refractivity contribution in [1.82, 2.24) is 9.21 Å². The van der Waals surface area contributed by atoms with E-state index < -0.39 is 10.0 Å². The van der Waals surface area contributed by atoms with Gasteiger partial charge in [0.2, 0.25) is 10.0 Å². The van der Waals surface area contributed by atoms with Crippen molar-refractivity contribution in [3.63, 3.8) is 0 Å². The molecule has 0 bridgehead atoms. The molecule has 7 heteroatoms. The average molecular weight is 475 g/mol. The zero-order valence-corrected chi connectivity index (χ0v) is 20.0. The number of carbonyl (C=O) groups excluding carboxylic acids is 1. The first-order valence-electron chi connectivity index (χ1n) is 11.6. The summed E-state index contributed by atoms with van der Waals surface area (Å²) in [5.74, 6) is 0.368. The van der Waals surface area contributed by atoms with E-state index in [1.54, 1.807) is 10.4 Å². The van der Waals surface area contributed by atoms with E-state index in [9.17, 15) is 13.2 Å². The molecule has 4 rings (SSSR count). The maximum atomic E-state index is 13.2. The van der Waals surface area contributed by atoms with Crippen LogP contribution in [0.25, 0.3) is 0 Å². The minimum Gasteiger partial charge on any atom is -0.339 e. The standard InChI is InChI=1S/C25H31ClN2O3S/c26-24-11-10-22(32(30,31)28-14-6-1-2-7-15-28)19-23(24)25(29)27-16-12-21(13-17-27)18-20-8-4-3-5-9-20/h3-5,8-11,19,21H,1-2,6-7,12-18H2. The molecule has 0 aliphatic carbocycles. The Bertz CT molecular complexity index is 1030. The lowest BCUT2D eigenvalue weighted by atomic mass is 9.90. The summed E-state index contributed by atoms with van der Waals surface area (Å²) >= 11 is 6.35. The molecule has 0 spiro atoms. The van der Waals surface area contributed by atoms with E-state index in [4.69, 9.17) is 11.6 Å². The van der Waals surface area contributed by atoms with Crippen molar-refractivity contribution in [3.05, 3.63) is 64.7 Å². The van der Waals surface area contributed by atoms with Crippen molar-refractivity contribution in [1.29, 1.82) is 0 Å². The van der Waals surface area contributed by atoms with E-state index in [0.717, 1.165) is 44.9 Å². The monoisotopic (exact) mass is 474 g/mol. The summed E-state index contributed by atoms with van der Waals surface area (Å²) in [5, 5.41) is 0.302. The van der Waals surface area contributed by atoms with Crippen molar-refractivity contribution in [2.75, 3.05) is 26.2 Å². The third kappa shape index (κ3) is 5.36. The molecule has 2 heterocycles. The second-order valence-electron chi connectivity index (χ2n) is 8.89. The predicted octanol–water partition coefficient (Wildman–Crippen LogP) is 5.00. The van der Waals surface area contributed by atoms with Crippen LogP contribution in [0.4, 0.5) is 0 Å². The Hall–Kier alpha value is -1.89. The third-order valence-electron chi connectivity index (χ3n) is 6.64. The van der Waals surface area contributed by atoms with Gasteiger partial charge in [0, 0.05) is 26.2 Å². The molecule has 0 saturated carbocycles.